The molecule has 2 rings (SSSR count). The van der Waals surface area contributed by atoms with Crippen LogP contribution >= 0.6 is 22.6 Å². The van der Waals surface area contributed by atoms with Crippen LogP contribution in [0.1, 0.15) is 68.6 Å². The summed E-state index contributed by atoms with van der Waals surface area (Å²) in [4.78, 5) is 0. The van der Waals surface area contributed by atoms with Crippen molar-refractivity contribution in [2.24, 2.45) is 0 Å². The highest BCUT2D eigenvalue weighted by atomic mass is 127. The van der Waals surface area contributed by atoms with Crippen LogP contribution in [-0.2, 0) is 6.42 Å². The number of halogens is 1. The summed E-state index contributed by atoms with van der Waals surface area (Å²) in [7, 11) is 0. The molecule has 1 unspecified atom stereocenters. The zero-order chi connectivity index (χ0) is 15.1. The van der Waals surface area contributed by atoms with E-state index >= 15 is 0 Å². The Morgan fingerprint density at radius 1 is 1.14 bits per heavy atom. The Balaban J connectivity index is 1.94. The first-order chi connectivity index (χ1) is 10.1. The van der Waals surface area contributed by atoms with Crippen molar-refractivity contribution < 1.29 is 10.2 Å². The van der Waals surface area contributed by atoms with Crippen molar-refractivity contribution in [1.82, 2.24) is 0 Å². The average Bonchev–Trinajstić information content (AvgIpc) is 2.71. The standard InChI is InChI=1S/C18H27IO2/c19-13-9-17(20)16-7-5-6-15(14-16)8-12-18(21)10-3-1-2-4-11-18/h5-7,14,17,20-21H,1-4,8-13H2. The summed E-state index contributed by atoms with van der Waals surface area (Å²) in [6.45, 7) is 0. The second kappa shape index (κ2) is 8.49. The summed E-state index contributed by atoms with van der Waals surface area (Å²) in [5, 5.41) is 20.8. The smallest absolute Gasteiger partial charge is 0.0797 e. The van der Waals surface area contributed by atoms with Crippen LogP contribution < -0.4 is 0 Å². The molecule has 2 N–H and O–H groups in total. The number of aliphatic hydroxyl groups excluding tert-OH is 1. The molecule has 1 aliphatic carbocycles. The Labute approximate surface area is 142 Å². The zero-order valence-corrected chi connectivity index (χ0v) is 14.9. The molecule has 0 heterocycles. The van der Waals surface area contributed by atoms with Gasteiger partial charge in [-0.3, -0.25) is 0 Å². The first-order valence-electron chi connectivity index (χ1n) is 8.18. The summed E-state index contributed by atoms with van der Waals surface area (Å²) in [6.07, 6.45) is 8.93. The van der Waals surface area contributed by atoms with Gasteiger partial charge in [0.2, 0.25) is 0 Å². The number of alkyl halides is 1. The van der Waals surface area contributed by atoms with E-state index < -0.39 is 5.60 Å². The van der Waals surface area contributed by atoms with Gasteiger partial charge < -0.3 is 10.2 Å². The van der Waals surface area contributed by atoms with Crippen molar-refractivity contribution in [3.63, 3.8) is 0 Å². The molecule has 1 atom stereocenters. The lowest BCUT2D eigenvalue weighted by atomic mass is 9.87. The fourth-order valence-corrected chi connectivity index (χ4v) is 3.83. The molecule has 1 aliphatic rings. The SMILES string of the molecule is OC(CCI)c1cccc(CCC2(O)CCCCCC2)c1. The third-order valence-corrected chi connectivity index (χ3v) is 5.25. The molecule has 0 radical (unpaired) electrons. The number of hydrogen-bond donors (Lipinski definition) is 2. The van der Waals surface area contributed by atoms with Gasteiger partial charge in [0.15, 0.2) is 0 Å². The van der Waals surface area contributed by atoms with E-state index in [2.05, 4.69) is 34.7 Å². The van der Waals surface area contributed by atoms with E-state index in [0.717, 1.165) is 54.9 Å². The number of aryl methyl sites for hydroxylation is 1. The van der Waals surface area contributed by atoms with Gasteiger partial charge in [0.05, 0.1) is 11.7 Å². The molecular weight excluding hydrogens is 375 g/mol. The highest BCUT2D eigenvalue weighted by Gasteiger charge is 2.27. The molecule has 3 heteroatoms. The van der Waals surface area contributed by atoms with Gasteiger partial charge in [-0.15, -0.1) is 0 Å². The minimum atomic E-state index is -0.465. The molecule has 0 saturated heterocycles. The van der Waals surface area contributed by atoms with Gasteiger partial charge in [-0.2, -0.15) is 0 Å². The molecule has 0 bridgehead atoms. The highest BCUT2D eigenvalue weighted by Crippen LogP contribution is 2.31. The van der Waals surface area contributed by atoms with Crippen LogP contribution in [0.3, 0.4) is 0 Å². The van der Waals surface area contributed by atoms with E-state index in [0.29, 0.717) is 0 Å². The third kappa shape index (κ3) is 5.53. The van der Waals surface area contributed by atoms with Crippen molar-refractivity contribution in [1.29, 1.82) is 0 Å². The van der Waals surface area contributed by atoms with Crippen molar-refractivity contribution in [3.8, 4) is 0 Å². The van der Waals surface area contributed by atoms with Crippen LogP contribution in [0, 0.1) is 0 Å². The molecule has 1 aromatic rings. The van der Waals surface area contributed by atoms with Crippen LogP contribution in [0.15, 0.2) is 24.3 Å². The van der Waals surface area contributed by atoms with Gasteiger partial charge in [-0.1, -0.05) is 72.5 Å². The molecule has 0 spiro atoms. The molecular formula is C18H27IO2. The number of hydrogen-bond acceptors (Lipinski definition) is 2. The normalized spacial score (nSPS) is 20.0. The maximum atomic E-state index is 10.7. The molecule has 2 nitrogen and oxygen atoms in total. The van der Waals surface area contributed by atoms with E-state index in [1.165, 1.54) is 18.4 Å². The van der Waals surface area contributed by atoms with Gasteiger partial charge in [0.1, 0.15) is 0 Å². The fourth-order valence-electron chi connectivity index (χ4n) is 3.24. The Hall–Kier alpha value is -0.130. The lowest BCUT2D eigenvalue weighted by Gasteiger charge is -2.26. The van der Waals surface area contributed by atoms with Gasteiger partial charge in [-0.25, -0.2) is 0 Å². The quantitative estimate of drug-likeness (QED) is 0.416. The fraction of sp³-hybridized carbons (Fsp3) is 0.667. The second-order valence-corrected chi connectivity index (χ2v) is 7.46. The summed E-state index contributed by atoms with van der Waals surface area (Å²) in [5.41, 5.74) is 1.78. The van der Waals surface area contributed by atoms with E-state index in [-0.39, 0.29) is 6.10 Å². The molecule has 1 aromatic carbocycles. The second-order valence-electron chi connectivity index (χ2n) is 6.38. The Morgan fingerprint density at radius 3 is 2.52 bits per heavy atom. The maximum absolute atomic E-state index is 10.7. The minimum absolute atomic E-state index is 0.359. The number of aliphatic hydroxyl groups is 2. The first kappa shape index (κ1) is 17.2. The Bertz CT molecular complexity index is 425. The molecule has 118 valence electrons. The van der Waals surface area contributed by atoms with Crippen LogP contribution in [0.2, 0.25) is 0 Å². The number of benzene rings is 1. The number of rotatable bonds is 6. The highest BCUT2D eigenvalue weighted by molar-refractivity contribution is 14.1. The predicted octanol–water partition coefficient (Wildman–Crippen LogP) is 4.56. The van der Waals surface area contributed by atoms with E-state index in [9.17, 15) is 10.2 Å². The van der Waals surface area contributed by atoms with Crippen molar-refractivity contribution in [3.05, 3.63) is 35.4 Å². The third-order valence-electron chi connectivity index (χ3n) is 4.63. The summed E-state index contributed by atoms with van der Waals surface area (Å²) in [6, 6.07) is 8.25. The Morgan fingerprint density at radius 2 is 1.86 bits per heavy atom. The average molecular weight is 402 g/mol. The van der Waals surface area contributed by atoms with Crippen molar-refractivity contribution in [2.75, 3.05) is 4.43 Å². The van der Waals surface area contributed by atoms with Gasteiger partial charge in [0, 0.05) is 4.43 Å². The topological polar surface area (TPSA) is 40.5 Å². The summed E-state index contributed by atoms with van der Waals surface area (Å²) < 4.78 is 0.961. The van der Waals surface area contributed by atoms with Crippen molar-refractivity contribution >= 4 is 22.6 Å². The predicted molar refractivity (Wildman–Crippen MR) is 95.9 cm³/mol. The molecule has 1 saturated carbocycles. The lowest BCUT2D eigenvalue weighted by Crippen LogP contribution is -2.28. The molecule has 0 aliphatic heterocycles. The molecule has 0 aromatic heterocycles. The summed E-state index contributed by atoms with van der Waals surface area (Å²) >= 11 is 2.30. The molecule has 1 fully saturated rings. The lowest BCUT2D eigenvalue weighted by molar-refractivity contribution is 0.0167. The van der Waals surface area contributed by atoms with Gasteiger partial charge >= 0.3 is 0 Å². The van der Waals surface area contributed by atoms with Crippen LogP contribution in [0.5, 0.6) is 0 Å². The van der Waals surface area contributed by atoms with Crippen molar-refractivity contribution in [2.45, 2.75) is 69.5 Å². The maximum Gasteiger partial charge on any atom is 0.0797 e. The monoisotopic (exact) mass is 402 g/mol. The van der Waals surface area contributed by atoms with E-state index in [1.54, 1.807) is 0 Å². The van der Waals surface area contributed by atoms with Gasteiger partial charge in [0.25, 0.3) is 0 Å². The molecule has 21 heavy (non-hydrogen) atoms. The zero-order valence-electron chi connectivity index (χ0n) is 12.7. The van der Waals surface area contributed by atoms with Crippen LogP contribution in [0.25, 0.3) is 0 Å². The van der Waals surface area contributed by atoms with Crippen LogP contribution in [0.4, 0.5) is 0 Å². The minimum Gasteiger partial charge on any atom is -0.390 e. The Kier molecular flexibility index (Phi) is 6.96. The van der Waals surface area contributed by atoms with Gasteiger partial charge in [-0.05, 0) is 43.2 Å². The van der Waals surface area contributed by atoms with E-state index in [1.807, 2.05) is 12.1 Å². The summed E-state index contributed by atoms with van der Waals surface area (Å²) in [5.74, 6) is 0. The van der Waals surface area contributed by atoms with E-state index in [4.69, 9.17) is 0 Å². The molecule has 0 amide bonds. The van der Waals surface area contributed by atoms with Crippen LogP contribution in [-0.4, -0.2) is 20.2 Å². The first-order valence-corrected chi connectivity index (χ1v) is 9.71. The largest absolute Gasteiger partial charge is 0.390 e.